The van der Waals surface area contributed by atoms with Gasteiger partial charge in [-0.25, -0.2) is 14.8 Å². The van der Waals surface area contributed by atoms with Crippen LogP contribution in [-0.2, 0) is 16.0 Å². The second-order valence-corrected chi connectivity index (χ2v) is 12.5. The van der Waals surface area contributed by atoms with E-state index in [2.05, 4.69) is 17.1 Å². The summed E-state index contributed by atoms with van der Waals surface area (Å²) in [5.74, 6) is 1.69. The highest BCUT2D eigenvalue weighted by Gasteiger charge is 2.42. The number of amides is 1. The lowest BCUT2D eigenvalue weighted by atomic mass is 9.84. The molecule has 5 rings (SSSR count). The number of benzene rings is 1. The average Bonchev–Trinajstić information content (AvgIpc) is 3.52. The number of nitrogens with one attached hydrogen (secondary N) is 1. The number of carbonyl (C=O) groups is 2. The van der Waals surface area contributed by atoms with Gasteiger partial charge in [0, 0.05) is 25.1 Å². The van der Waals surface area contributed by atoms with Crippen LogP contribution in [0.2, 0.25) is 0 Å². The fraction of sp³-hybridized carbons (Fsp3) is 0.667. The molecule has 0 spiro atoms. The summed E-state index contributed by atoms with van der Waals surface area (Å²) >= 11 is 0. The first kappa shape index (κ1) is 27.6. The van der Waals surface area contributed by atoms with Gasteiger partial charge in [0.05, 0.1) is 30.7 Å². The summed E-state index contributed by atoms with van der Waals surface area (Å²) in [5, 5.41) is 2.89. The van der Waals surface area contributed by atoms with Crippen molar-refractivity contribution in [1.82, 2.24) is 20.2 Å². The molecule has 1 saturated carbocycles. The number of ether oxygens (including phenoxy) is 3. The summed E-state index contributed by atoms with van der Waals surface area (Å²) in [7, 11) is 1.64. The Labute approximate surface area is 231 Å². The van der Waals surface area contributed by atoms with E-state index in [0.717, 1.165) is 67.4 Å². The normalized spacial score (nSPS) is 30.5. The number of carbonyl (C=O) groups excluding carboxylic acids is 2. The van der Waals surface area contributed by atoms with E-state index in [4.69, 9.17) is 24.2 Å². The smallest absolute Gasteiger partial charge is 0.408 e. The number of aryl methyl sites for hydroxylation is 1. The van der Waals surface area contributed by atoms with Crippen molar-refractivity contribution >= 4 is 22.9 Å². The molecule has 9 heteroatoms. The van der Waals surface area contributed by atoms with Crippen molar-refractivity contribution < 1.29 is 23.8 Å². The van der Waals surface area contributed by atoms with Crippen LogP contribution in [0.25, 0.3) is 11.0 Å². The molecule has 1 saturated heterocycles. The number of alkyl carbamates (subject to hydrolysis) is 1. The number of rotatable bonds is 1. The van der Waals surface area contributed by atoms with E-state index in [1.54, 1.807) is 7.11 Å². The van der Waals surface area contributed by atoms with Crippen molar-refractivity contribution in [3.8, 4) is 11.6 Å². The van der Waals surface area contributed by atoms with E-state index in [-0.39, 0.29) is 30.6 Å². The minimum Gasteiger partial charge on any atom is -0.497 e. The third-order valence-corrected chi connectivity index (χ3v) is 8.26. The topological polar surface area (TPSA) is 103 Å². The van der Waals surface area contributed by atoms with Crippen LogP contribution in [0, 0.1) is 11.3 Å². The molecule has 2 bridgehead atoms. The molecule has 2 aromatic rings. The van der Waals surface area contributed by atoms with Crippen LogP contribution >= 0.6 is 0 Å². The summed E-state index contributed by atoms with van der Waals surface area (Å²) in [4.78, 5) is 38.2. The van der Waals surface area contributed by atoms with Gasteiger partial charge >= 0.3 is 6.09 Å². The second-order valence-electron chi connectivity index (χ2n) is 12.5. The van der Waals surface area contributed by atoms with Crippen LogP contribution in [0.4, 0.5) is 4.79 Å². The molecule has 1 N–H and O–H groups in total. The van der Waals surface area contributed by atoms with Gasteiger partial charge in [-0.3, -0.25) is 9.69 Å². The average molecular weight is 539 g/mol. The zero-order valence-corrected chi connectivity index (χ0v) is 23.9. The van der Waals surface area contributed by atoms with Gasteiger partial charge in [0.25, 0.3) is 0 Å². The molecule has 212 valence electrons. The molecular formula is C30H42N4O5. The van der Waals surface area contributed by atoms with Crippen LogP contribution in [-0.4, -0.2) is 71.2 Å². The molecule has 1 aliphatic carbocycles. The largest absolute Gasteiger partial charge is 0.497 e. The molecule has 1 unspecified atom stereocenters. The van der Waals surface area contributed by atoms with Crippen molar-refractivity contribution in [3.05, 3.63) is 23.9 Å². The van der Waals surface area contributed by atoms with E-state index < -0.39 is 17.6 Å². The molecule has 0 radical (unpaired) electrons. The van der Waals surface area contributed by atoms with Gasteiger partial charge in [0.2, 0.25) is 5.88 Å². The standard InChI is InChI=1S/C30H42N4O5/c1-18-13-21-16-34(18)17-25(35)27(30(2,3)4)33-29(36)39-26-14-19(26)9-7-6-8-10-23-28(38-21)32-24-15-20(37-5)11-12-22(24)31-23/h11-12,15,18-19,21,26-27H,6-10,13-14,16-17H2,1-5H3,(H,33,36)/t18-,19-,21-,26-,27-/m1/s1. The van der Waals surface area contributed by atoms with Crippen molar-refractivity contribution in [2.24, 2.45) is 11.3 Å². The van der Waals surface area contributed by atoms with Crippen molar-refractivity contribution in [3.63, 3.8) is 0 Å². The number of hydrogen-bond donors (Lipinski definition) is 1. The van der Waals surface area contributed by atoms with Crippen LogP contribution in [0.3, 0.4) is 0 Å². The van der Waals surface area contributed by atoms with E-state index in [9.17, 15) is 9.59 Å². The van der Waals surface area contributed by atoms with E-state index in [1.807, 2.05) is 39.0 Å². The van der Waals surface area contributed by atoms with Crippen molar-refractivity contribution in [2.75, 3.05) is 20.2 Å². The van der Waals surface area contributed by atoms with Crippen LogP contribution in [0.15, 0.2) is 18.2 Å². The molecular weight excluding hydrogens is 496 g/mol. The Hall–Kier alpha value is -2.94. The first-order chi connectivity index (χ1) is 18.6. The Balaban J connectivity index is 1.40. The number of methoxy groups -OCH3 is 1. The molecule has 2 aliphatic heterocycles. The summed E-state index contributed by atoms with van der Waals surface area (Å²) in [6, 6.07) is 5.25. The first-order valence-electron chi connectivity index (χ1n) is 14.4. The molecule has 6 atom stereocenters. The summed E-state index contributed by atoms with van der Waals surface area (Å²) in [6.45, 7) is 8.87. The quantitative estimate of drug-likeness (QED) is 0.558. The highest BCUT2D eigenvalue weighted by molar-refractivity contribution is 5.89. The maximum atomic E-state index is 13.5. The molecule has 1 amide bonds. The lowest BCUT2D eigenvalue weighted by Crippen LogP contribution is -2.52. The summed E-state index contributed by atoms with van der Waals surface area (Å²) in [6.07, 6.45) is 5.96. The fourth-order valence-electron chi connectivity index (χ4n) is 5.85. The van der Waals surface area contributed by atoms with Crippen molar-refractivity contribution in [1.29, 1.82) is 0 Å². The second kappa shape index (κ2) is 11.3. The maximum absolute atomic E-state index is 13.5. The molecule has 39 heavy (non-hydrogen) atoms. The lowest BCUT2D eigenvalue weighted by molar-refractivity contribution is -0.124. The third kappa shape index (κ3) is 6.62. The fourth-order valence-corrected chi connectivity index (χ4v) is 5.85. The van der Waals surface area contributed by atoms with Gasteiger partial charge in [-0.2, -0.15) is 0 Å². The zero-order valence-electron chi connectivity index (χ0n) is 23.9. The Morgan fingerprint density at radius 1 is 1.05 bits per heavy atom. The lowest BCUT2D eigenvalue weighted by Gasteiger charge is -2.32. The SMILES string of the molecule is COc1ccc2nc3c(nc2c1)O[C@@H]1C[C@@H](C)N(CC(=O)[C@H](C(C)(C)C)NC(=O)O[C@@H]2C[C@H]2CCCCC3)C1. The number of aromatic nitrogens is 2. The van der Waals surface area contributed by atoms with Gasteiger partial charge in [-0.1, -0.05) is 33.6 Å². The van der Waals surface area contributed by atoms with Crippen LogP contribution in [0.1, 0.15) is 71.9 Å². The Bertz CT molecular complexity index is 1210. The van der Waals surface area contributed by atoms with Gasteiger partial charge in [-0.05, 0) is 56.1 Å². The van der Waals surface area contributed by atoms with E-state index in [1.165, 1.54) is 0 Å². The molecule has 9 nitrogen and oxygen atoms in total. The number of hydrogen-bond acceptors (Lipinski definition) is 8. The van der Waals surface area contributed by atoms with Gasteiger partial charge in [-0.15, -0.1) is 0 Å². The highest BCUT2D eigenvalue weighted by Crippen LogP contribution is 2.38. The number of ketones is 1. The minimum absolute atomic E-state index is 0.0181. The number of fused-ring (bicyclic) bond motifs is 5. The Kier molecular flexibility index (Phi) is 7.99. The maximum Gasteiger partial charge on any atom is 0.408 e. The zero-order chi connectivity index (χ0) is 27.7. The highest BCUT2D eigenvalue weighted by atomic mass is 16.6. The molecule has 2 fully saturated rings. The van der Waals surface area contributed by atoms with Crippen molar-refractivity contribution in [2.45, 2.75) is 96.9 Å². The monoisotopic (exact) mass is 538 g/mol. The van der Waals surface area contributed by atoms with E-state index in [0.29, 0.717) is 18.3 Å². The minimum atomic E-state index is -0.635. The van der Waals surface area contributed by atoms with E-state index >= 15 is 0 Å². The molecule has 1 aromatic carbocycles. The summed E-state index contributed by atoms with van der Waals surface area (Å²) in [5.41, 5.74) is 2.01. The Morgan fingerprint density at radius 2 is 1.87 bits per heavy atom. The third-order valence-electron chi connectivity index (χ3n) is 8.26. The predicted octanol–water partition coefficient (Wildman–Crippen LogP) is 4.70. The van der Waals surface area contributed by atoms with Crippen LogP contribution < -0.4 is 14.8 Å². The molecule has 1 aromatic heterocycles. The predicted molar refractivity (Wildman–Crippen MR) is 148 cm³/mol. The van der Waals surface area contributed by atoms with Gasteiger partial charge < -0.3 is 19.5 Å². The molecule has 3 aliphatic rings. The number of Topliss-reactive ketones (excluding diaryl/α,β-unsaturated/α-hetero) is 1. The first-order valence-corrected chi connectivity index (χ1v) is 14.4. The molecule has 3 heterocycles. The van der Waals surface area contributed by atoms with Gasteiger partial charge in [0.1, 0.15) is 23.7 Å². The summed E-state index contributed by atoms with van der Waals surface area (Å²) < 4.78 is 17.6. The Morgan fingerprint density at radius 3 is 2.64 bits per heavy atom. The number of nitrogens with zero attached hydrogens (tertiary/aromatic N) is 3. The van der Waals surface area contributed by atoms with Crippen LogP contribution in [0.5, 0.6) is 11.6 Å². The van der Waals surface area contributed by atoms with Gasteiger partial charge in [0.15, 0.2) is 5.78 Å².